The lowest BCUT2D eigenvalue weighted by Gasteiger charge is -2.29. The van der Waals surface area contributed by atoms with Gasteiger partial charge in [0.25, 0.3) is 0 Å². The van der Waals surface area contributed by atoms with Gasteiger partial charge in [-0.2, -0.15) is 0 Å². The van der Waals surface area contributed by atoms with E-state index < -0.39 is 6.10 Å². The summed E-state index contributed by atoms with van der Waals surface area (Å²) in [4.78, 5) is 17.3. The predicted octanol–water partition coefficient (Wildman–Crippen LogP) is 2.85. The van der Waals surface area contributed by atoms with Crippen molar-refractivity contribution in [2.45, 2.75) is 50.8 Å². The Hall–Kier alpha value is -1.10. The SMILES string of the molecule is CCN1CCC2CCC(C1)N2C(=O)CC(O)c1ccc(Cl)cc1. The Kier molecular flexibility index (Phi) is 5.24. The van der Waals surface area contributed by atoms with Gasteiger partial charge in [-0.15, -0.1) is 0 Å². The number of carbonyl (C=O) groups excluding carboxylic acids is 1. The molecule has 1 amide bonds. The molecule has 1 N–H and O–H groups in total. The van der Waals surface area contributed by atoms with Crippen LogP contribution in [0.2, 0.25) is 5.02 Å². The molecule has 0 spiro atoms. The molecule has 2 aliphatic rings. The zero-order valence-corrected chi connectivity index (χ0v) is 14.4. The molecular weight excluding hydrogens is 312 g/mol. The molecule has 126 valence electrons. The van der Waals surface area contributed by atoms with Crippen LogP contribution in [0.15, 0.2) is 24.3 Å². The lowest BCUT2D eigenvalue weighted by Crippen LogP contribution is -2.43. The third-order valence-electron chi connectivity index (χ3n) is 5.23. The van der Waals surface area contributed by atoms with Crippen molar-refractivity contribution in [3.8, 4) is 0 Å². The summed E-state index contributed by atoms with van der Waals surface area (Å²) in [5, 5.41) is 11.0. The van der Waals surface area contributed by atoms with Crippen molar-refractivity contribution in [3.63, 3.8) is 0 Å². The molecule has 3 rings (SSSR count). The van der Waals surface area contributed by atoms with Crippen molar-refractivity contribution in [2.24, 2.45) is 0 Å². The minimum Gasteiger partial charge on any atom is -0.388 e. The van der Waals surface area contributed by atoms with Crippen LogP contribution in [0, 0.1) is 0 Å². The minimum absolute atomic E-state index is 0.0814. The molecule has 23 heavy (non-hydrogen) atoms. The lowest BCUT2D eigenvalue weighted by molar-refractivity contribution is -0.136. The highest BCUT2D eigenvalue weighted by atomic mass is 35.5. The summed E-state index contributed by atoms with van der Waals surface area (Å²) < 4.78 is 0. The van der Waals surface area contributed by atoms with Crippen LogP contribution in [-0.2, 0) is 4.79 Å². The van der Waals surface area contributed by atoms with E-state index in [1.165, 1.54) is 0 Å². The van der Waals surface area contributed by atoms with Crippen molar-refractivity contribution < 1.29 is 9.90 Å². The molecule has 4 nitrogen and oxygen atoms in total. The number of hydrogen-bond acceptors (Lipinski definition) is 3. The summed E-state index contributed by atoms with van der Waals surface area (Å²) in [6.07, 6.45) is 2.63. The first-order valence-corrected chi connectivity index (χ1v) is 8.93. The van der Waals surface area contributed by atoms with E-state index in [1.54, 1.807) is 24.3 Å². The number of likely N-dealkylation sites (N-methyl/N-ethyl adjacent to an activating group) is 1. The van der Waals surface area contributed by atoms with Crippen LogP contribution in [0.4, 0.5) is 0 Å². The Morgan fingerprint density at radius 2 is 1.96 bits per heavy atom. The number of aliphatic hydroxyl groups excluding tert-OH is 1. The standard InChI is InChI=1S/C18H25ClN2O2/c1-2-20-10-9-15-7-8-16(12-20)21(15)18(23)11-17(22)13-3-5-14(19)6-4-13/h3-6,15-17,22H,2,7-12H2,1H3. The first kappa shape index (κ1) is 16.7. The monoisotopic (exact) mass is 336 g/mol. The second-order valence-corrected chi connectivity index (χ2v) is 7.08. The molecule has 0 aromatic heterocycles. The maximum absolute atomic E-state index is 12.8. The van der Waals surface area contributed by atoms with Gasteiger partial charge in [-0.3, -0.25) is 4.79 Å². The Bertz CT molecular complexity index is 548. The first-order chi connectivity index (χ1) is 11.1. The van der Waals surface area contributed by atoms with E-state index in [0.717, 1.165) is 44.5 Å². The molecular formula is C18H25ClN2O2. The zero-order chi connectivity index (χ0) is 16.4. The number of nitrogens with zero attached hydrogens (tertiary/aromatic N) is 2. The number of likely N-dealkylation sites (tertiary alicyclic amines) is 1. The molecule has 1 aromatic rings. The van der Waals surface area contributed by atoms with Crippen molar-refractivity contribution in [1.82, 2.24) is 9.80 Å². The molecule has 2 saturated heterocycles. The number of amides is 1. The fraction of sp³-hybridized carbons (Fsp3) is 0.611. The smallest absolute Gasteiger partial charge is 0.226 e. The van der Waals surface area contributed by atoms with E-state index >= 15 is 0 Å². The number of fused-ring (bicyclic) bond motifs is 2. The molecule has 2 aliphatic heterocycles. The van der Waals surface area contributed by atoms with Gasteiger partial charge in [0, 0.05) is 30.2 Å². The molecule has 5 heteroatoms. The molecule has 2 heterocycles. The van der Waals surface area contributed by atoms with Gasteiger partial charge in [-0.1, -0.05) is 30.7 Å². The van der Waals surface area contributed by atoms with Crippen molar-refractivity contribution in [2.75, 3.05) is 19.6 Å². The fourth-order valence-electron chi connectivity index (χ4n) is 3.91. The van der Waals surface area contributed by atoms with Crippen LogP contribution in [0.25, 0.3) is 0 Å². The van der Waals surface area contributed by atoms with Crippen LogP contribution in [0.1, 0.15) is 44.3 Å². The Morgan fingerprint density at radius 1 is 1.26 bits per heavy atom. The van der Waals surface area contributed by atoms with Gasteiger partial charge >= 0.3 is 0 Å². The fourth-order valence-corrected chi connectivity index (χ4v) is 4.04. The summed E-state index contributed by atoms with van der Waals surface area (Å²) in [6, 6.07) is 7.74. The average Bonchev–Trinajstić information content (AvgIpc) is 2.83. The van der Waals surface area contributed by atoms with Gasteiger partial charge in [-0.25, -0.2) is 0 Å². The predicted molar refractivity (Wildman–Crippen MR) is 91.4 cm³/mol. The summed E-state index contributed by atoms with van der Waals surface area (Å²) >= 11 is 5.87. The number of benzene rings is 1. The quantitative estimate of drug-likeness (QED) is 0.919. The third kappa shape index (κ3) is 3.70. The van der Waals surface area contributed by atoms with Gasteiger partial charge < -0.3 is 14.9 Å². The van der Waals surface area contributed by atoms with Gasteiger partial charge in [-0.05, 0) is 43.5 Å². The normalized spacial score (nSPS) is 26.1. The van der Waals surface area contributed by atoms with Crippen molar-refractivity contribution in [3.05, 3.63) is 34.9 Å². The van der Waals surface area contributed by atoms with Crippen LogP contribution in [-0.4, -0.2) is 52.5 Å². The molecule has 3 unspecified atom stereocenters. The number of halogens is 1. The van der Waals surface area contributed by atoms with Crippen LogP contribution >= 0.6 is 11.6 Å². The molecule has 3 atom stereocenters. The van der Waals surface area contributed by atoms with Gasteiger partial charge in [0.05, 0.1) is 12.5 Å². The average molecular weight is 337 g/mol. The van der Waals surface area contributed by atoms with Gasteiger partial charge in [0.2, 0.25) is 5.91 Å². The summed E-state index contributed by atoms with van der Waals surface area (Å²) in [5.41, 5.74) is 0.750. The highest BCUT2D eigenvalue weighted by molar-refractivity contribution is 6.30. The molecule has 2 bridgehead atoms. The topological polar surface area (TPSA) is 43.8 Å². The van der Waals surface area contributed by atoms with E-state index in [1.807, 2.05) is 0 Å². The molecule has 0 aliphatic carbocycles. The van der Waals surface area contributed by atoms with E-state index in [9.17, 15) is 9.90 Å². The zero-order valence-electron chi connectivity index (χ0n) is 13.6. The van der Waals surface area contributed by atoms with Crippen LogP contribution in [0.5, 0.6) is 0 Å². The number of rotatable bonds is 4. The maximum atomic E-state index is 12.8. The van der Waals surface area contributed by atoms with Gasteiger partial charge in [0.1, 0.15) is 0 Å². The van der Waals surface area contributed by atoms with Crippen LogP contribution in [0.3, 0.4) is 0 Å². The Morgan fingerprint density at radius 3 is 2.65 bits per heavy atom. The number of hydrogen-bond donors (Lipinski definition) is 1. The summed E-state index contributed by atoms with van der Waals surface area (Å²) in [7, 11) is 0. The second kappa shape index (κ2) is 7.20. The Labute approximate surface area is 143 Å². The molecule has 0 saturated carbocycles. The molecule has 0 radical (unpaired) electrons. The van der Waals surface area contributed by atoms with E-state index in [0.29, 0.717) is 17.1 Å². The van der Waals surface area contributed by atoms with E-state index in [-0.39, 0.29) is 12.3 Å². The minimum atomic E-state index is -0.760. The Balaban J connectivity index is 1.66. The maximum Gasteiger partial charge on any atom is 0.226 e. The number of carbonyl (C=O) groups is 1. The van der Waals surface area contributed by atoms with E-state index in [2.05, 4.69) is 16.7 Å². The van der Waals surface area contributed by atoms with Crippen molar-refractivity contribution >= 4 is 17.5 Å². The summed E-state index contributed by atoms with van der Waals surface area (Å²) in [5.74, 6) is 0.0814. The third-order valence-corrected chi connectivity index (χ3v) is 5.48. The molecule has 2 fully saturated rings. The highest BCUT2D eigenvalue weighted by Crippen LogP contribution is 2.32. The first-order valence-electron chi connectivity index (χ1n) is 8.55. The van der Waals surface area contributed by atoms with Crippen LogP contribution < -0.4 is 0 Å². The highest BCUT2D eigenvalue weighted by Gasteiger charge is 2.39. The second-order valence-electron chi connectivity index (χ2n) is 6.64. The largest absolute Gasteiger partial charge is 0.388 e. The summed E-state index contributed by atoms with van der Waals surface area (Å²) in [6.45, 7) is 5.26. The number of aliphatic hydroxyl groups is 1. The lowest BCUT2D eigenvalue weighted by atomic mass is 10.1. The molecule has 1 aromatic carbocycles. The van der Waals surface area contributed by atoms with Crippen molar-refractivity contribution in [1.29, 1.82) is 0 Å². The van der Waals surface area contributed by atoms with Gasteiger partial charge in [0.15, 0.2) is 0 Å². The van der Waals surface area contributed by atoms with E-state index in [4.69, 9.17) is 11.6 Å².